The zero-order valence-electron chi connectivity index (χ0n) is 22.9. The van der Waals surface area contributed by atoms with E-state index in [9.17, 15) is 19.5 Å². The average molecular weight is 535 g/mol. The number of carbonyl (C=O) groups excluding carboxylic acids is 2. The standard InChI is InChI=1S/C27H42N4O7/c1-17(16-29-25(34)38-27(2,3)4)37-26(35)31-22(24(32)33)11-13-36-21-14-18(15-21)7-9-20-10-8-19-6-5-12-28-23(19)30-20/h8,10,17-18,21-22H,5-7,9,11-16H2,1-4H3,(H,28,30)(H,29,34)(H,31,35)(H,32,33)/t17?,18-,21-,22?. The number of carboxylic acids is 1. The summed E-state index contributed by atoms with van der Waals surface area (Å²) in [7, 11) is 0. The minimum atomic E-state index is -1.16. The summed E-state index contributed by atoms with van der Waals surface area (Å²) >= 11 is 0. The number of aliphatic carboxylic acids is 1. The fraction of sp³-hybridized carbons (Fsp3) is 0.704. The molecule has 38 heavy (non-hydrogen) atoms. The number of aromatic nitrogens is 1. The highest BCUT2D eigenvalue weighted by atomic mass is 16.6. The SMILES string of the molecule is CC(CNC(=O)OC(C)(C)C)OC(=O)NC(CCO[C@H]1C[C@H](CCc2ccc3c(n2)NCCC3)C1)C(=O)O. The Morgan fingerprint density at radius 1 is 1.21 bits per heavy atom. The third-order valence-electron chi connectivity index (χ3n) is 6.54. The molecule has 2 aliphatic rings. The van der Waals surface area contributed by atoms with Crippen LogP contribution in [0.15, 0.2) is 12.1 Å². The van der Waals surface area contributed by atoms with E-state index in [-0.39, 0.29) is 25.7 Å². The average Bonchev–Trinajstić information content (AvgIpc) is 2.81. The van der Waals surface area contributed by atoms with Crippen LogP contribution in [-0.2, 0) is 31.8 Å². The highest BCUT2D eigenvalue weighted by Gasteiger charge is 2.30. The molecule has 1 aliphatic carbocycles. The molecule has 0 aromatic carbocycles. The number of aryl methyl sites for hydroxylation is 2. The summed E-state index contributed by atoms with van der Waals surface area (Å²) in [5.74, 6) is 0.439. The quantitative estimate of drug-likeness (QED) is 0.315. The van der Waals surface area contributed by atoms with Crippen molar-refractivity contribution in [3.63, 3.8) is 0 Å². The van der Waals surface area contributed by atoms with Crippen LogP contribution in [-0.4, -0.2) is 71.8 Å². The van der Waals surface area contributed by atoms with Crippen LogP contribution in [0.2, 0.25) is 0 Å². The molecule has 1 saturated carbocycles. The van der Waals surface area contributed by atoms with Crippen molar-refractivity contribution in [3.05, 3.63) is 23.4 Å². The number of alkyl carbamates (subject to hydrolysis) is 2. The van der Waals surface area contributed by atoms with Crippen LogP contribution in [0.5, 0.6) is 0 Å². The van der Waals surface area contributed by atoms with E-state index in [1.807, 2.05) is 0 Å². The number of anilines is 1. The second-order valence-electron chi connectivity index (χ2n) is 11.1. The predicted octanol–water partition coefficient (Wildman–Crippen LogP) is 3.65. The topological polar surface area (TPSA) is 148 Å². The minimum Gasteiger partial charge on any atom is -0.480 e. The molecule has 2 amide bonds. The molecule has 0 spiro atoms. The number of amides is 2. The Hall–Kier alpha value is -3.08. The molecule has 3 rings (SSSR count). The van der Waals surface area contributed by atoms with Crippen molar-refractivity contribution in [1.29, 1.82) is 0 Å². The Kier molecular flexibility index (Phi) is 10.6. The molecule has 212 valence electrons. The van der Waals surface area contributed by atoms with Crippen molar-refractivity contribution in [1.82, 2.24) is 15.6 Å². The number of rotatable bonds is 12. The van der Waals surface area contributed by atoms with E-state index in [1.165, 1.54) is 5.56 Å². The number of carbonyl (C=O) groups is 3. The predicted molar refractivity (Wildman–Crippen MR) is 141 cm³/mol. The lowest BCUT2D eigenvalue weighted by Crippen LogP contribution is -2.44. The largest absolute Gasteiger partial charge is 0.480 e. The van der Waals surface area contributed by atoms with Gasteiger partial charge < -0.3 is 35.3 Å². The Bertz CT molecular complexity index is 959. The van der Waals surface area contributed by atoms with Gasteiger partial charge in [0.05, 0.1) is 12.6 Å². The van der Waals surface area contributed by atoms with E-state index in [0.717, 1.165) is 56.6 Å². The molecule has 0 saturated heterocycles. The van der Waals surface area contributed by atoms with Gasteiger partial charge in [0.25, 0.3) is 0 Å². The van der Waals surface area contributed by atoms with E-state index < -0.39 is 35.9 Å². The number of pyridine rings is 1. The van der Waals surface area contributed by atoms with E-state index in [4.69, 9.17) is 19.2 Å². The smallest absolute Gasteiger partial charge is 0.408 e. The molecule has 1 fully saturated rings. The highest BCUT2D eigenvalue weighted by molar-refractivity contribution is 5.79. The van der Waals surface area contributed by atoms with E-state index in [1.54, 1.807) is 27.7 Å². The first-order chi connectivity index (χ1) is 18.0. The fourth-order valence-corrected chi connectivity index (χ4v) is 4.46. The maximum absolute atomic E-state index is 12.1. The fourth-order valence-electron chi connectivity index (χ4n) is 4.46. The van der Waals surface area contributed by atoms with Gasteiger partial charge in [0, 0.05) is 25.3 Å². The maximum Gasteiger partial charge on any atom is 0.408 e. The van der Waals surface area contributed by atoms with Crippen LogP contribution < -0.4 is 16.0 Å². The zero-order valence-corrected chi connectivity index (χ0v) is 22.9. The maximum atomic E-state index is 12.1. The second-order valence-corrected chi connectivity index (χ2v) is 11.1. The summed E-state index contributed by atoms with van der Waals surface area (Å²) in [5.41, 5.74) is 1.77. The van der Waals surface area contributed by atoms with E-state index >= 15 is 0 Å². The summed E-state index contributed by atoms with van der Waals surface area (Å²) in [6.45, 7) is 8.05. The van der Waals surface area contributed by atoms with Crippen molar-refractivity contribution in [2.45, 2.75) is 96.5 Å². The van der Waals surface area contributed by atoms with Crippen LogP contribution in [0.1, 0.15) is 71.1 Å². The Labute approximate surface area is 224 Å². The van der Waals surface area contributed by atoms with Crippen molar-refractivity contribution in [3.8, 4) is 0 Å². The van der Waals surface area contributed by atoms with Crippen molar-refractivity contribution in [2.24, 2.45) is 5.92 Å². The number of nitrogens with zero attached hydrogens (tertiary/aromatic N) is 1. The van der Waals surface area contributed by atoms with Gasteiger partial charge in [-0.15, -0.1) is 0 Å². The lowest BCUT2D eigenvalue weighted by Gasteiger charge is -2.35. The lowest BCUT2D eigenvalue weighted by molar-refractivity contribution is -0.140. The number of nitrogens with one attached hydrogen (secondary N) is 3. The van der Waals surface area contributed by atoms with Crippen molar-refractivity contribution in [2.75, 3.05) is 25.0 Å². The van der Waals surface area contributed by atoms with Crippen LogP contribution in [0, 0.1) is 5.92 Å². The number of hydrogen-bond donors (Lipinski definition) is 4. The first-order valence-corrected chi connectivity index (χ1v) is 13.5. The summed E-state index contributed by atoms with van der Waals surface area (Å²) < 4.78 is 16.1. The van der Waals surface area contributed by atoms with Gasteiger partial charge in [-0.25, -0.2) is 19.4 Å². The summed E-state index contributed by atoms with van der Waals surface area (Å²) in [6.07, 6.45) is 4.18. The monoisotopic (exact) mass is 534 g/mol. The molecule has 1 aliphatic heterocycles. The van der Waals surface area contributed by atoms with Gasteiger partial charge in [-0.2, -0.15) is 0 Å². The molecule has 11 heteroatoms. The van der Waals surface area contributed by atoms with Gasteiger partial charge in [-0.1, -0.05) is 6.07 Å². The van der Waals surface area contributed by atoms with Gasteiger partial charge in [0.15, 0.2) is 0 Å². The summed E-state index contributed by atoms with van der Waals surface area (Å²) in [5, 5.41) is 17.7. The molecule has 1 aromatic rings. The van der Waals surface area contributed by atoms with E-state index in [0.29, 0.717) is 5.92 Å². The van der Waals surface area contributed by atoms with Crippen LogP contribution in [0.3, 0.4) is 0 Å². The van der Waals surface area contributed by atoms with Crippen LogP contribution in [0.4, 0.5) is 15.4 Å². The number of carboxylic acid groups (broad SMARTS) is 1. The molecule has 2 heterocycles. The number of hydrogen-bond acceptors (Lipinski definition) is 8. The first-order valence-electron chi connectivity index (χ1n) is 13.5. The normalized spacial score (nSPS) is 20.1. The molecular weight excluding hydrogens is 492 g/mol. The highest BCUT2D eigenvalue weighted by Crippen LogP contribution is 2.34. The molecule has 2 atom stereocenters. The van der Waals surface area contributed by atoms with Gasteiger partial charge in [0.1, 0.15) is 23.6 Å². The number of ether oxygens (including phenoxy) is 3. The zero-order chi connectivity index (χ0) is 27.7. The van der Waals surface area contributed by atoms with Gasteiger partial charge in [-0.3, -0.25) is 0 Å². The first kappa shape index (κ1) is 29.5. The molecule has 0 bridgehead atoms. The van der Waals surface area contributed by atoms with Crippen molar-refractivity contribution >= 4 is 24.0 Å². The third kappa shape index (κ3) is 10.00. The summed E-state index contributed by atoms with van der Waals surface area (Å²) in [6, 6.07) is 3.18. The van der Waals surface area contributed by atoms with E-state index in [2.05, 4.69) is 28.1 Å². The van der Waals surface area contributed by atoms with Crippen molar-refractivity contribution < 1.29 is 33.7 Å². The van der Waals surface area contributed by atoms with Crippen LogP contribution in [0.25, 0.3) is 0 Å². The Morgan fingerprint density at radius 2 is 1.97 bits per heavy atom. The van der Waals surface area contributed by atoms with Gasteiger partial charge >= 0.3 is 18.2 Å². The minimum absolute atomic E-state index is 0.0332. The van der Waals surface area contributed by atoms with Gasteiger partial charge in [0.2, 0.25) is 0 Å². The Morgan fingerprint density at radius 3 is 2.68 bits per heavy atom. The molecule has 2 unspecified atom stereocenters. The molecule has 4 N–H and O–H groups in total. The molecule has 11 nitrogen and oxygen atoms in total. The Balaban J connectivity index is 1.28. The summed E-state index contributed by atoms with van der Waals surface area (Å²) in [4.78, 5) is 40.2. The molecule has 0 radical (unpaired) electrons. The lowest BCUT2D eigenvalue weighted by atomic mass is 9.79. The molecular formula is C27H42N4O7. The second kappa shape index (κ2) is 13.6. The third-order valence-corrected chi connectivity index (χ3v) is 6.54. The number of fused-ring (bicyclic) bond motifs is 1. The molecule has 1 aromatic heterocycles. The van der Waals surface area contributed by atoms with Crippen LogP contribution >= 0.6 is 0 Å². The van der Waals surface area contributed by atoms with Gasteiger partial charge in [-0.05, 0) is 83.8 Å².